The number of hydrogen-bond acceptors (Lipinski definition) is 21. The van der Waals surface area contributed by atoms with Crippen LogP contribution >= 0.6 is 0 Å². The van der Waals surface area contributed by atoms with Crippen molar-refractivity contribution in [2.75, 3.05) is 40.6 Å². The summed E-state index contributed by atoms with van der Waals surface area (Å²) in [6.45, 7) is -2.86. The average Bonchev–Trinajstić information content (AvgIpc) is 3.06. The molecule has 0 aromatic carbocycles. The fraction of sp³-hybridized carbons (Fsp3) is 1.00. The van der Waals surface area contributed by atoms with Crippen LogP contribution in [0.3, 0.4) is 0 Å². The third kappa shape index (κ3) is 8.06. The highest BCUT2D eigenvalue weighted by atomic mass is 16.8. The Bertz CT molecular complexity index is 948. The molecule has 12 N–H and O–H groups in total. The number of hydrogen-bond donors (Lipinski definition) is 12. The van der Waals surface area contributed by atoms with Crippen molar-refractivity contribution < 1.29 is 104 Å². The molecule has 47 heavy (non-hydrogen) atoms. The quantitative estimate of drug-likeness (QED) is 0.0902. The van der Waals surface area contributed by atoms with Crippen molar-refractivity contribution in [1.82, 2.24) is 0 Å². The minimum atomic E-state index is -1.95. The van der Waals surface area contributed by atoms with E-state index in [9.17, 15) is 61.3 Å². The first kappa shape index (κ1) is 39.0. The highest BCUT2D eigenvalue weighted by Gasteiger charge is 2.54. The Balaban J connectivity index is 1.48. The standard InChI is InChI=1S/C26H46O21/c1-39-20-12(31)8(4-28)43-25(17(20)36)46-21-13(32)9(5-29)44-26(19(21)38)47-22-14(33)10(45-23(40-2)18(22)37)6-41-24-16(35)15(34)11(30)7(3-27)42-24/h7-38H,3-6H2,1-2H3/t7?,8?,9?,10?,11-,12-,13-,14-,15+,16?,17?,18?,19?,20+,21+,22+,23-,24-,25+,26+/m1/s1. The van der Waals surface area contributed by atoms with E-state index in [0.29, 0.717) is 0 Å². The van der Waals surface area contributed by atoms with Crippen LogP contribution in [0.4, 0.5) is 0 Å². The van der Waals surface area contributed by atoms with Crippen LogP contribution in [0.15, 0.2) is 0 Å². The summed E-state index contributed by atoms with van der Waals surface area (Å²) in [5.74, 6) is 0. The molecule has 4 aliphatic heterocycles. The smallest absolute Gasteiger partial charge is 0.187 e. The largest absolute Gasteiger partial charge is 0.394 e. The van der Waals surface area contributed by atoms with Gasteiger partial charge in [-0.25, -0.2) is 0 Å². The molecule has 4 saturated heterocycles. The van der Waals surface area contributed by atoms with Crippen molar-refractivity contribution in [2.24, 2.45) is 0 Å². The number of methoxy groups -OCH3 is 2. The summed E-state index contributed by atoms with van der Waals surface area (Å²) in [5.41, 5.74) is 0. The number of rotatable bonds is 12. The van der Waals surface area contributed by atoms with E-state index >= 15 is 0 Å². The Morgan fingerprint density at radius 3 is 1.30 bits per heavy atom. The van der Waals surface area contributed by atoms with E-state index in [1.807, 2.05) is 0 Å². The summed E-state index contributed by atoms with van der Waals surface area (Å²) in [6, 6.07) is 0. The fourth-order valence-electron chi connectivity index (χ4n) is 5.87. The van der Waals surface area contributed by atoms with Gasteiger partial charge in [0.1, 0.15) is 97.7 Å². The summed E-state index contributed by atoms with van der Waals surface area (Å²) in [6.07, 6.45) is -32.3. The Kier molecular flexibility index (Phi) is 14.0. The molecule has 21 heteroatoms. The van der Waals surface area contributed by atoms with Gasteiger partial charge in [-0.05, 0) is 0 Å². The summed E-state index contributed by atoms with van der Waals surface area (Å²) >= 11 is 0. The van der Waals surface area contributed by atoms with E-state index in [-0.39, 0.29) is 0 Å². The SMILES string of the molecule is CO[C@@H]1OC(CO[C@@H]2OC(CO)[C@@H](O)[C@H](O)C2O)[C@@H](O)[C@H](O[C@@H]2OC(CO)[C@@H](O)[C@H](O[C@@H]3OC(CO)[C@@H](O)[C@H](OC)C3O)C2O)C1O. The number of aliphatic hydroxyl groups excluding tert-OH is 12. The van der Waals surface area contributed by atoms with Crippen LogP contribution in [0.25, 0.3) is 0 Å². The van der Waals surface area contributed by atoms with Crippen molar-refractivity contribution >= 4 is 0 Å². The maximum atomic E-state index is 11.2. The molecule has 21 nitrogen and oxygen atoms in total. The first-order valence-corrected chi connectivity index (χ1v) is 14.9. The zero-order valence-corrected chi connectivity index (χ0v) is 25.4. The first-order valence-electron chi connectivity index (χ1n) is 14.9. The summed E-state index contributed by atoms with van der Waals surface area (Å²) < 4.78 is 48.9. The normalized spacial score (nSPS) is 51.2. The van der Waals surface area contributed by atoms with Crippen molar-refractivity contribution in [3.8, 4) is 0 Å². The molecule has 0 saturated carbocycles. The molecule has 0 bridgehead atoms. The maximum absolute atomic E-state index is 11.2. The summed E-state index contributed by atoms with van der Waals surface area (Å²) in [5, 5.41) is 124. The topological polar surface area (TPSA) is 326 Å². The van der Waals surface area contributed by atoms with Crippen LogP contribution in [-0.2, 0) is 42.6 Å². The van der Waals surface area contributed by atoms with Crippen LogP contribution in [0.5, 0.6) is 0 Å². The zero-order valence-electron chi connectivity index (χ0n) is 25.4. The van der Waals surface area contributed by atoms with Gasteiger partial charge in [0, 0.05) is 14.2 Å². The van der Waals surface area contributed by atoms with Crippen LogP contribution in [0.1, 0.15) is 0 Å². The molecule has 276 valence electrons. The van der Waals surface area contributed by atoms with Gasteiger partial charge < -0.3 is 104 Å². The molecule has 0 aromatic rings. The van der Waals surface area contributed by atoms with Gasteiger partial charge in [0.05, 0.1) is 26.4 Å². The molecule has 0 spiro atoms. The minimum absolute atomic E-state index is 0.594. The van der Waals surface area contributed by atoms with Gasteiger partial charge in [-0.1, -0.05) is 0 Å². The van der Waals surface area contributed by atoms with Gasteiger partial charge >= 0.3 is 0 Å². The molecule has 4 heterocycles. The van der Waals surface area contributed by atoms with Gasteiger partial charge in [-0.15, -0.1) is 0 Å². The van der Waals surface area contributed by atoms with Crippen molar-refractivity contribution in [2.45, 2.75) is 123 Å². The molecule has 4 aliphatic rings. The van der Waals surface area contributed by atoms with Crippen molar-refractivity contribution in [1.29, 1.82) is 0 Å². The second-order valence-corrected chi connectivity index (χ2v) is 11.6. The van der Waals surface area contributed by atoms with E-state index in [1.54, 1.807) is 0 Å². The Labute approximate surface area is 267 Å². The van der Waals surface area contributed by atoms with Crippen LogP contribution in [-0.4, -0.2) is 225 Å². The number of aliphatic hydroxyl groups is 12. The predicted molar refractivity (Wildman–Crippen MR) is 143 cm³/mol. The van der Waals surface area contributed by atoms with Gasteiger partial charge in [0.2, 0.25) is 0 Å². The lowest BCUT2D eigenvalue weighted by Gasteiger charge is -2.48. The molecular formula is C26H46O21. The van der Waals surface area contributed by atoms with Gasteiger partial charge in [0.25, 0.3) is 0 Å². The summed E-state index contributed by atoms with van der Waals surface area (Å²) in [4.78, 5) is 0. The van der Waals surface area contributed by atoms with E-state index in [0.717, 1.165) is 7.11 Å². The first-order chi connectivity index (χ1) is 22.3. The highest BCUT2D eigenvalue weighted by molar-refractivity contribution is 4.97. The lowest BCUT2D eigenvalue weighted by molar-refractivity contribution is -0.382. The van der Waals surface area contributed by atoms with Gasteiger partial charge in [0.15, 0.2) is 25.2 Å². The lowest BCUT2D eigenvalue weighted by Crippen LogP contribution is -2.67. The van der Waals surface area contributed by atoms with Crippen LogP contribution in [0.2, 0.25) is 0 Å². The van der Waals surface area contributed by atoms with E-state index < -0.39 is 149 Å². The Morgan fingerprint density at radius 2 is 0.809 bits per heavy atom. The van der Waals surface area contributed by atoms with Gasteiger partial charge in [-0.2, -0.15) is 0 Å². The second kappa shape index (κ2) is 16.9. The monoisotopic (exact) mass is 694 g/mol. The number of ether oxygens (including phenoxy) is 9. The van der Waals surface area contributed by atoms with E-state index in [1.165, 1.54) is 7.11 Å². The second-order valence-electron chi connectivity index (χ2n) is 11.6. The summed E-state index contributed by atoms with van der Waals surface area (Å²) in [7, 11) is 2.34. The lowest BCUT2D eigenvalue weighted by atomic mass is 9.96. The van der Waals surface area contributed by atoms with E-state index in [4.69, 9.17) is 42.6 Å². The third-order valence-electron chi connectivity index (χ3n) is 8.65. The average molecular weight is 695 g/mol. The Hall–Kier alpha value is -0.840. The van der Waals surface area contributed by atoms with Crippen LogP contribution < -0.4 is 0 Å². The molecule has 0 aliphatic carbocycles. The molecule has 0 aromatic heterocycles. The third-order valence-corrected chi connectivity index (χ3v) is 8.65. The van der Waals surface area contributed by atoms with Gasteiger partial charge in [-0.3, -0.25) is 0 Å². The van der Waals surface area contributed by atoms with E-state index in [2.05, 4.69) is 0 Å². The molecule has 20 atom stereocenters. The zero-order chi connectivity index (χ0) is 34.7. The molecule has 0 radical (unpaired) electrons. The Morgan fingerprint density at radius 1 is 0.404 bits per heavy atom. The van der Waals surface area contributed by atoms with Crippen molar-refractivity contribution in [3.63, 3.8) is 0 Å². The predicted octanol–water partition coefficient (Wildman–Crippen LogP) is -8.44. The highest BCUT2D eigenvalue weighted by Crippen LogP contribution is 2.33. The molecule has 4 fully saturated rings. The maximum Gasteiger partial charge on any atom is 0.187 e. The van der Waals surface area contributed by atoms with Crippen molar-refractivity contribution in [3.05, 3.63) is 0 Å². The fourth-order valence-corrected chi connectivity index (χ4v) is 5.87. The molecule has 8 unspecified atom stereocenters. The molecular weight excluding hydrogens is 648 g/mol. The molecule has 4 rings (SSSR count). The van der Waals surface area contributed by atoms with Crippen LogP contribution in [0, 0.1) is 0 Å². The molecule has 0 amide bonds. The minimum Gasteiger partial charge on any atom is -0.394 e.